The van der Waals surface area contributed by atoms with E-state index in [9.17, 15) is 0 Å². The maximum absolute atomic E-state index is 5.99. The Labute approximate surface area is 150 Å². The highest BCUT2D eigenvalue weighted by Gasteiger charge is 2.41. The van der Waals surface area contributed by atoms with Crippen molar-refractivity contribution in [1.82, 2.24) is 10.6 Å². The fourth-order valence-electron chi connectivity index (χ4n) is 4.33. The summed E-state index contributed by atoms with van der Waals surface area (Å²) >= 11 is 0. The Morgan fingerprint density at radius 1 is 1.20 bits per heavy atom. The van der Waals surface area contributed by atoms with E-state index in [1.165, 1.54) is 18.4 Å². The number of hydrogen-bond donors (Lipinski definition) is 2. The molecule has 3 aliphatic heterocycles. The van der Waals surface area contributed by atoms with Crippen LogP contribution in [-0.2, 0) is 9.47 Å². The number of fused-ring (bicyclic) bond motifs is 2. The lowest BCUT2D eigenvalue weighted by molar-refractivity contribution is 0.0925. The number of hydrogen-bond acceptors (Lipinski definition) is 3. The van der Waals surface area contributed by atoms with Gasteiger partial charge >= 0.3 is 0 Å². The topological polar surface area (TPSA) is 54.9 Å². The first-order chi connectivity index (χ1) is 12.3. The first-order valence-electron chi connectivity index (χ1n) is 9.70. The molecule has 5 heteroatoms. The number of guanidine groups is 1. The van der Waals surface area contributed by atoms with E-state index in [-0.39, 0.29) is 6.10 Å². The molecule has 4 rings (SSSR count). The molecule has 0 aliphatic carbocycles. The highest BCUT2D eigenvalue weighted by atomic mass is 16.5. The van der Waals surface area contributed by atoms with Crippen LogP contribution in [0, 0.1) is 5.92 Å². The average molecular weight is 343 g/mol. The summed E-state index contributed by atoms with van der Waals surface area (Å²) in [7, 11) is 0. The number of benzene rings is 1. The van der Waals surface area contributed by atoms with Gasteiger partial charge in [-0.1, -0.05) is 30.3 Å². The number of rotatable bonds is 5. The number of nitrogens with one attached hydrogen (secondary N) is 2. The smallest absolute Gasteiger partial charge is 0.191 e. The van der Waals surface area contributed by atoms with Gasteiger partial charge in [-0.3, -0.25) is 4.99 Å². The average Bonchev–Trinajstić information content (AvgIpc) is 3.37. The molecule has 2 bridgehead atoms. The normalized spacial score (nSPS) is 34.4. The minimum absolute atomic E-state index is 0.165. The highest BCUT2D eigenvalue weighted by Crippen LogP contribution is 2.35. The Morgan fingerprint density at radius 2 is 2.08 bits per heavy atom. The Kier molecular flexibility index (Phi) is 5.22. The zero-order valence-corrected chi connectivity index (χ0v) is 15.0. The van der Waals surface area contributed by atoms with Gasteiger partial charge in [0.25, 0.3) is 0 Å². The summed E-state index contributed by atoms with van der Waals surface area (Å²) in [5.41, 5.74) is 1.26. The van der Waals surface area contributed by atoms with E-state index in [0.29, 0.717) is 24.2 Å². The summed E-state index contributed by atoms with van der Waals surface area (Å²) in [5.74, 6) is 1.36. The molecule has 5 atom stereocenters. The first-order valence-corrected chi connectivity index (χ1v) is 9.70. The van der Waals surface area contributed by atoms with Crippen LogP contribution in [0.5, 0.6) is 0 Å². The largest absolute Gasteiger partial charge is 0.373 e. The lowest BCUT2D eigenvalue weighted by Crippen LogP contribution is -2.47. The second kappa shape index (κ2) is 7.75. The van der Waals surface area contributed by atoms with Crippen molar-refractivity contribution in [2.75, 3.05) is 19.7 Å². The Morgan fingerprint density at radius 3 is 2.80 bits per heavy atom. The third-order valence-corrected chi connectivity index (χ3v) is 5.60. The third kappa shape index (κ3) is 3.82. The van der Waals surface area contributed by atoms with Crippen molar-refractivity contribution >= 4 is 5.96 Å². The van der Waals surface area contributed by atoms with Crippen LogP contribution in [0.15, 0.2) is 35.3 Å². The molecule has 1 aromatic carbocycles. The molecule has 1 aromatic rings. The molecular formula is C20H29N3O2. The second-order valence-electron chi connectivity index (χ2n) is 7.33. The fourth-order valence-corrected chi connectivity index (χ4v) is 4.33. The zero-order valence-electron chi connectivity index (χ0n) is 15.0. The number of aliphatic imine (C=N–C) groups is 1. The monoisotopic (exact) mass is 343 g/mol. The number of nitrogens with zero attached hydrogens (tertiary/aromatic N) is 1. The minimum atomic E-state index is 0.165. The summed E-state index contributed by atoms with van der Waals surface area (Å²) in [4.78, 5) is 4.88. The van der Waals surface area contributed by atoms with Crippen molar-refractivity contribution in [3.8, 4) is 0 Å². The lowest BCUT2D eigenvalue weighted by Gasteiger charge is -2.23. The molecule has 0 saturated carbocycles. The fraction of sp³-hybridized carbons (Fsp3) is 0.650. The Balaban J connectivity index is 1.39. The van der Waals surface area contributed by atoms with Crippen molar-refractivity contribution in [2.45, 2.75) is 57.0 Å². The van der Waals surface area contributed by atoms with Crippen LogP contribution < -0.4 is 10.6 Å². The van der Waals surface area contributed by atoms with E-state index in [2.05, 4.69) is 47.9 Å². The molecule has 5 nitrogen and oxygen atoms in total. The van der Waals surface area contributed by atoms with Gasteiger partial charge in [-0.15, -0.1) is 0 Å². The quantitative estimate of drug-likeness (QED) is 0.637. The van der Waals surface area contributed by atoms with Gasteiger partial charge in [0.1, 0.15) is 0 Å². The predicted molar refractivity (Wildman–Crippen MR) is 98.7 cm³/mol. The van der Waals surface area contributed by atoms with Crippen LogP contribution in [-0.4, -0.2) is 43.9 Å². The van der Waals surface area contributed by atoms with Gasteiger partial charge in [-0.05, 0) is 38.2 Å². The highest BCUT2D eigenvalue weighted by molar-refractivity contribution is 5.80. The molecule has 0 aromatic heterocycles. The Bertz CT molecular complexity index is 592. The predicted octanol–water partition coefficient (Wildman–Crippen LogP) is 2.64. The standard InChI is InChI=1S/C20H29N3O2/c1-2-21-20(23-17-12-16-8-9-18(17)25-16)22-13-15-10-11-24-19(15)14-6-4-3-5-7-14/h3-7,15-19H,2,8-13H2,1H3,(H2,21,22,23). The number of ether oxygens (including phenoxy) is 2. The molecule has 3 heterocycles. The SMILES string of the molecule is CCNC(=NCC1CCOC1c1ccccc1)NC1CC2CCC1O2. The molecule has 3 fully saturated rings. The maximum Gasteiger partial charge on any atom is 0.191 e. The molecule has 136 valence electrons. The molecule has 0 radical (unpaired) electrons. The lowest BCUT2D eigenvalue weighted by atomic mass is 9.95. The summed E-state index contributed by atoms with van der Waals surface area (Å²) in [6, 6.07) is 10.9. The van der Waals surface area contributed by atoms with Crippen LogP contribution in [0.25, 0.3) is 0 Å². The van der Waals surface area contributed by atoms with Gasteiger partial charge in [0.15, 0.2) is 5.96 Å². The van der Waals surface area contributed by atoms with E-state index in [1.807, 2.05) is 0 Å². The molecule has 5 unspecified atom stereocenters. The van der Waals surface area contributed by atoms with Gasteiger partial charge in [-0.2, -0.15) is 0 Å². The molecule has 3 saturated heterocycles. The van der Waals surface area contributed by atoms with E-state index in [1.54, 1.807) is 0 Å². The van der Waals surface area contributed by atoms with E-state index < -0.39 is 0 Å². The van der Waals surface area contributed by atoms with Crippen LogP contribution in [0.1, 0.15) is 44.3 Å². The van der Waals surface area contributed by atoms with Crippen LogP contribution in [0.4, 0.5) is 0 Å². The minimum Gasteiger partial charge on any atom is -0.373 e. The molecule has 0 amide bonds. The van der Waals surface area contributed by atoms with E-state index >= 15 is 0 Å². The summed E-state index contributed by atoms with van der Waals surface area (Å²) < 4.78 is 11.9. The van der Waals surface area contributed by atoms with Crippen LogP contribution >= 0.6 is 0 Å². The molecule has 25 heavy (non-hydrogen) atoms. The van der Waals surface area contributed by atoms with Crippen LogP contribution in [0.3, 0.4) is 0 Å². The van der Waals surface area contributed by atoms with E-state index in [0.717, 1.165) is 38.5 Å². The summed E-state index contributed by atoms with van der Waals surface area (Å²) in [6.07, 6.45) is 5.55. The maximum atomic E-state index is 5.99. The molecule has 2 N–H and O–H groups in total. The van der Waals surface area contributed by atoms with E-state index in [4.69, 9.17) is 14.5 Å². The van der Waals surface area contributed by atoms with Crippen LogP contribution in [0.2, 0.25) is 0 Å². The Hall–Kier alpha value is -1.59. The van der Waals surface area contributed by atoms with Crippen molar-refractivity contribution in [1.29, 1.82) is 0 Å². The first kappa shape index (κ1) is 16.9. The molecular weight excluding hydrogens is 314 g/mol. The van der Waals surface area contributed by atoms with Gasteiger partial charge < -0.3 is 20.1 Å². The zero-order chi connectivity index (χ0) is 17.1. The second-order valence-corrected chi connectivity index (χ2v) is 7.33. The summed E-state index contributed by atoms with van der Waals surface area (Å²) in [5, 5.41) is 6.99. The van der Waals surface area contributed by atoms with Gasteiger partial charge in [-0.25, -0.2) is 0 Å². The van der Waals surface area contributed by atoms with Crippen molar-refractivity contribution in [3.05, 3.63) is 35.9 Å². The summed E-state index contributed by atoms with van der Waals surface area (Å²) in [6.45, 7) is 4.59. The van der Waals surface area contributed by atoms with Gasteiger partial charge in [0.2, 0.25) is 0 Å². The van der Waals surface area contributed by atoms with Gasteiger partial charge in [0, 0.05) is 25.6 Å². The molecule has 0 spiro atoms. The van der Waals surface area contributed by atoms with Crippen molar-refractivity contribution in [3.63, 3.8) is 0 Å². The molecule has 3 aliphatic rings. The van der Waals surface area contributed by atoms with Gasteiger partial charge in [0.05, 0.1) is 24.4 Å². The third-order valence-electron chi connectivity index (χ3n) is 5.60. The van der Waals surface area contributed by atoms with Crippen molar-refractivity contribution < 1.29 is 9.47 Å². The van der Waals surface area contributed by atoms with Crippen molar-refractivity contribution in [2.24, 2.45) is 10.9 Å².